The van der Waals surface area contributed by atoms with Crippen LogP contribution >= 0.6 is 0 Å². The number of hydrogen-bond donors (Lipinski definition) is 0. The van der Waals surface area contributed by atoms with Gasteiger partial charge in [0.25, 0.3) is 11.8 Å². The fourth-order valence-electron chi connectivity index (χ4n) is 7.40. The Morgan fingerprint density at radius 1 is 0.695 bits per heavy atom. The second-order valence-electron chi connectivity index (χ2n) is 15.1. The van der Waals surface area contributed by atoms with Crippen LogP contribution in [0, 0.1) is 0 Å². The van der Waals surface area contributed by atoms with Gasteiger partial charge in [0.05, 0.1) is 77.9 Å². The Labute approximate surface area is 354 Å². The van der Waals surface area contributed by atoms with E-state index in [1.807, 2.05) is 0 Å². The molecule has 13 nitrogen and oxygen atoms in total. The molecule has 0 spiro atoms. The molecule has 0 bridgehead atoms. The summed E-state index contributed by atoms with van der Waals surface area (Å²) in [6.07, 6.45) is 10.8. The summed E-state index contributed by atoms with van der Waals surface area (Å²) in [7, 11) is 1.66. The maximum absolute atomic E-state index is 12.0. The number of methoxy groups -OCH3 is 1. The Balaban J connectivity index is 0.00000769. The lowest BCUT2D eigenvalue weighted by molar-refractivity contribution is -0.442. The van der Waals surface area contributed by atoms with E-state index in [4.69, 9.17) is 33.3 Å². The van der Waals surface area contributed by atoms with Crippen molar-refractivity contribution in [2.45, 2.75) is 57.8 Å². The summed E-state index contributed by atoms with van der Waals surface area (Å²) < 4.78 is 35.9. The molecule has 0 aromatic heterocycles. The third-order valence-electron chi connectivity index (χ3n) is 10.4. The van der Waals surface area contributed by atoms with Gasteiger partial charge in [-0.3, -0.25) is 9.59 Å². The molecule has 2 aromatic carbocycles. The molecule has 0 atom stereocenters. The van der Waals surface area contributed by atoms with Gasteiger partial charge in [0.1, 0.15) is 6.61 Å². The van der Waals surface area contributed by atoms with Gasteiger partial charge in [0.2, 0.25) is 5.69 Å². The molecule has 1 fully saturated rings. The van der Waals surface area contributed by atoms with Gasteiger partial charge in [-0.05, 0) is 31.6 Å². The molecule has 3 heterocycles. The molecule has 5 rings (SSSR count). The molecule has 1 saturated heterocycles. The summed E-state index contributed by atoms with van der Waals surface area (Å²) >= 11 is 0. The van der Waals surface area contributed by atoms with Gasteiger partial charge in [0, 0.05) is 61.0 Å². The van der Waals surface area contributed by atoms with E-state index in [-0.39, 0.29) is 49.1 Å². The average molecular weight is 838 g/mol. The van der Waals surface area contributed by atoms with Gasteiger partial charge in [-0.15, -0.1) is 5.06 Å². The lowest BCUT2D eigenvalue weighted by Gasteiger charge is -2.27. The molecule has 0 aliphatic carbocycles. The van der Waals surface area contributed by atoms with Crippen LogP contribution in [-0.4, -0.2) is 126 Å². The number of benzene rings is 2. The van der Waals surface area contributed by atoms with Crippen LogP contribution < -0.4 is 17.3 Å². The number of allylic oxidation sites excluding steroid dienone is 6. The first kappa shape index (κ1) is 47.5. The fourth-order valence-corrected chi connectivity index (χ4v) is 7.40. The average Bonchev–Trinajstić information content (AvgIpc) is 3.72. The summed E-state index contributed by atoms with van der Waals surface area (Å²) in [4.78, 5) is 42.5. The Hall–Kier alpha value is -4.21. The van der Waals surface area contributed by atoms with Crippen molar-refractivity contribution >= 4 is 34.9 Å². The minimum Gasteiger partial charge on any atom is -1.00 e. The van der Waals surface area contributed by atoms with E-state index in [9.17, 15) is 14.4 Å². The van der Waals surface area contributed by atoms with E-state index in [0.29, 0.717) is 77.7 Å². The van der Waals surface area contributed by atoms with Crippen LogP contribution in [0.25, 0.3) is 0 Å². The van der Waals surface area contributed by atoms with Crippen molar-refractivity contribution in [3.63, 3.8) is 0 Å². The molecule has 14 heteroatoms. The maximum atomic E-state index is 12.0. The monoisotopic (exact) mass is 837 g/mol. The summed E-state index contributed by atoms with van der Waals surface area (Å²) in [6, 6.07) is 17.1. The minimum absolute atomic E-state index is 0. The smallest absolute Gasteiger partial charge is 0.335 e. The highest BCUT2D eigenvalue weighted by Crippen LogP contribution is 2.47. The molecule has 0 radical (unpaired) electrons. The normalized spacial score (nSPS) is 17.5. The van der Waals surface area contributed by atoms with Crippen LogP contribution in [0.3, 0.4) is 0 Å². The zero-order valence-corrected chi connectivity index (χ0v) is 35.9. The van der Waals surface area contributed by atoms with Gasteiger partial charge in [-0.25, -0.2) is 4.79 Å². The molecule has 3 aliphatic heterocycles. The molecular weight excluding hydrogens is 778 g/mol. The number of fused-ring (bicyclic) bond motifs is 2. The molecule has 2 amide bonds. The number of rotatable bonds is 25. The summed E-state index contributed by atoms with van der Waals surface area (Å²) in [5.74, 6) is -1.69. The Kier molecular flexibility index (Phi) is 18.9. The van der Waals surface area contributed by atoms with Crippen LogP contribution in [0.5, 0.6) is 0 Å². The topological polar surface area (TPSA) is 125 Å². The predicted molar refractivity (Wildman–Crippen MR) is 220 cm³/mol. The molecule has 2 aromatic rings. The number of hydrogen-bond acceptors (Lipinski definition) is 11. The number of carbonyl (C=O) groups excluding carboxylic acids is 3. The molecule has 59 heavy (non-hydrogen) atoms. The largest absolute Gasteiger partial charge is 1.00 e. The number of halogens is 1. The Bertz CT molecular complexity index is 1820. The van der Waals surface area contributed by atoms with Crippen LogP contribution in [0.2, 0.25) is 0 Å². The molecule has 322 valence electrons. The highest BCUT2D eigenvalue weighted by Gasteiger charge is 2.44. The number of imide groups is 1. The van der Waals surface area contributed by atoms with Crippen molar-refractivity contribution in [2.75, 3.05) is 97.8 Å². The number of para-hydroxylation sites is 2. The van der Waals surface area contributed by atoms with Crippen molar-refractivity contribution in [1.29, 1.82) is 0 Å². The van der Waals surface area contributed by atoms with Gasteiger partial charge >= 0.3 is 5.97 Å². The summed E-state index contributed by atoms with van der Waals surface area (Å²) in [5.41, 5.74) is 6.92. The zero-order valence-electron chi connectivity index (χ0n) is 35.1. The molecule has 0 saturated carbocycles. The van der Waals surface area contributed by atoms with Gasteiger partial charge in [-0.2, -0.15) is 4.58 Å². The maximum Gasteiger partial charge on any atom is 0.335 e. The third-order valence-corrected chi connectivity index (χ3v) is 10.4. The van der Waals surface area contributed by atoms with Crippen LogP contribution in [-0.2, 0) is 58.5 Å². The van der Waals surface area contributed by atoms with E-state index in [1.54, 1.807) is 7.11 Å². The second-order valence-corrected chi connectivity index (χ2v) is 15.1. The summed E-state index contributed by atoms with van der Waals surface area (Å²) in [6.45, 7) is 15.4. The quantitative estimate of drug-likeness (QED) is 0.0635. The molecule has 0 N–H and O–H groups in total. The van der Waals surface area contributed by atoms with Crippen LogP contribution in [0.15, 0.2) is 84.6 Å². The van der Waals surface area contributed by atoms with Crippen molar-refractivity contribution in [3.8, 4) is 0 Å². The lowest BCUT2D eigenvalue weighted by Crippen LogP contribution is -3.00. The standard InChI is InChI=1S/C45H60N3O10.ClH/c1-44(2)35-13-9-11-15-37(35)46(22-25-54-30-29-53-24-21-43(51)58-48-41(49)19-20-42(48)50)39(44)17-7-6-8-18-40-45(3,4)36-14-10-12-16-38(36)47(40)23-26-55-31-32-57-34-33-56-28-27-52-5;/h6-18H,19-34H2,1-5H3;1H/q+1;/p-1. The van der Waals surface area contributed by atoms with Gasteiger partial charge < -0.3 is 50.6 Å². The highest BCUT2D eigenvalue weighted by molar-refractivity contribution is 6.03. The number of amides is 2. The third kappa shape index (κ3) is 12.7. The molecule has 3 aliphatic rings. The van der Waals surface area contributed by atoms with Gasteiger partial charge in [0.15, 0.2) is 12.3 Å². The number of ether oxygens (including phenoxy) is 6. The SMILES string of the molecule is COCCOCCOCCOCC[N+]1=C(/C=C/C=C/C=C2/N(CCOCCOCCC(=O)ON3C(=O)CCC3=O)c3ccccc3C2(C)C)C(C)(C)c2ccccc21.[Cl-]. The predicted octanol–water partition coefficient (Wildman–Crippen LogP) is 2.59. The fraction of sp³-hybridized carbons (Fsp3) is 0.511. The van der Waals surface area contributed by atoms with Crippen LogP contribution in [0.4, 0.5) is 11.4 Å². The number of anilines is 1. The van der Waals surface area contributed by atoms with E-state index in [1.165, 1.54) is 28.2 Å². The van der Waals surface area contributed by atoms with Gasteiger partial charge in [-0.1, -0.05) is 68.5 Å². The van der Waals surface area contributed by atoms with Crippen molar-refractivity contribution < 1.29 is 64.6 Å². The van der Waals surface area contributed by atoms with E-state index < -0.39 is 17.8 Å². The van der Waals surface area contributed by atoms with E-state index in [2.05, 4.69) is 116 Å². The Morgan fingerprint density at radius 2 is 1.27 bits per heavy atom. The van der Waals surface area contributed by atoms with Crippen molar-refractivity contribution in [1.82, 2.24) is 5.06 Å². The second kappa shape index (κ2) is 23.5. The van der Waals surface area contributed by atoms with Crippen molar-refractivity contribution in [3.05, 3.63) is 95.7 Å². The first-order chi connectivity index (χ1) is 28.1. The van der Waals surface area contributed by atoms with Crippen LogP contribution in [0.1, 0.15) is 58.1 Å². The molecular formula is C45H60ClN3O10. The number of nitrogens with zero attached hydrogens (tertiary/aromatic N) is 3. The molecule has 0 unspecified atom stereocenters. The first-order valence-corrected chi connectivity index (χ1v) is 20.2. The number of carbonyl (C=O) groups is 3. The first-order valence-electron chi connectivity index (χ1n) is 20.2. The van der Waals surface area contributed by atoms with E-state index >= 15 is 0 Å². The number of hydroxylamine groups is 2. The highest BCUT2D eigenvalue weighted by atomic mass is 35.5. The summed E-state index contributed by atoms with van der Waals surface area (Å²) in [5, 5.41) is 0.546. The van der Waals surface area contributed by atoms with Crippen molar-refractivity contribution in [2.24, 2.45) is 0 Å². The Morgan fingerprint density at radius 3 is 1.95 bits per heavy atom. The lowest BCUT2D eigenvalue weighted by atomic mass is 9.81. The van der Waals surface area contributed by atoms with E-state index in [0.717, 1.165) is 12.2 Å². The zero-order chi connectivity index (χ0) is 41.4. The minimum atomic E-state index is -0.687.